The van der Waals surface area contributed by atoms with Gasteiger partial charge in [0.2, 0.25) is 0 Å². The standard InChI is InChI=1S/C22H27NO4S/c1-22(2,3)23(14-16-9-7-6-8-10-16)20(24)15-27-21(25)18-12-11-17(28-5)13-19(18)26-4/h6-13H,14-15H2,1-5H3. The average molecular weight is 402 g/mol. The maximum atomic E-state index is 12.8. The van der Waals surface area contributed by atoms with E-state index in [1.54, 1.807) is 28.8 Å². The van der Waals surface area contributed by atoms with Crippen molar-refractivity contribution in [2.45, 2.75) is 37.8 Å². The first-order chi connectivity index (χ1) is 13.3. The molecule has 0 aliphatic heterocycles. The normalized spacial score (nSPS) is 11.0. The molecule has 1 amide bonds. The summed E-state index contributed by atoms with van der Waals surface area (Å²) in [6.07, 6.45) is 1.94. The fraction of sp³-hybridized carbons (Fsp3) is 0.364. The first-order valence-electron chi connectivity index (χ1n) is 9.00. The number of hydrogen-bond acceptors (Lipinski definition) is 5. The van der Waals surface area contributed by atoms with Gasteiger partial charge in [0, 0.05) is 17.0 Å². The van der Waals surface area contributed by atoms with Gasteiger partial charge in [-0.3, -0.25) is 4.79 Å². The number of ether oxygens (including phenoxy) is 2. The smallest absolute Gasteiger partial charge is 0.342 e. The molecule has 2 rings (SSSR count). The Morgan fingerprint density at radius 2 is 1.75 bits per heavy atom. The lowest BCUT2D eigenvalue weighted by atomic mass is 10.0. The molecule has 2 aromatic rings. The minimum atomic E-state index is -0.577. The van der Waals surface area contributed by atoms with Gasteiger partial charge in [-0.25, -0.2) is 4.79 Å². The Bertz CT molecular complexity index is 815. The number of carbonyl (C=O) groups excluding carboxylic acids is 2. The number of amides is 1. The second kappa shape index (κ2) is 9.64. The predicted octanol–water partition coefficient (Wildman–Crippen LogP) is 4.40. The van der Waals surface area contributed by atoms with Crippen molar-refractivity contribution in [1.29, 1.82) is 0 Å². The van der Waals surface area contributed by atoms with Crippen molar-refractivity contribution in [3.63, 3.8) is 0 Å². The number of benzene rings is 2. The van der Waals surface area contributed by atoms with E-state index in [0.717, 1.165) is 10.5 Å². The van der Waals surface area contributed by atoms with Crippen LogP contribution in [-0.2, 0) is 16.1 Å². The maximum absolute atomic E-state index is 12.8. The summed E-state index contributed by atoms with van der Waals surface area (Å²) in [5.74, 6) is -0.392. The van der Waals surface area contributed by atoms with Gasteiger partial charge in [0.1, 0.15) is 11.3 Å². The molecule has 0 saturated heterocycles. The van der Waals surface area contributed by atoms with E-state index in [9.17, 15) is 9.59 Å². The van der Waals surface area contributed by atoms with Gasteiger partial charge in [0.05, 0.1) is 7.11 Å². The van der Waals surface area contributed by atoms with Gasteiger partial charge in [-0.05, 0) is 50.8 Å². The highest BCUT2D eigenvalue weighted by Gasteiger charge is 2.27. The summed E-state index contributed by atoms with van der Waals surface area (Å²) in [7, 11) is 1.50. The van der Waals surface area contributed by atoms with Crippen LogP contribution in [0.3, 0.4) is 0 Å². The minimum absolute atomic E-state index is 0.246. The Labute approximate surface area is 171 Å². The lowest BCUT2D eigenvalue weighted by Crippen LogP contribution is -2.46. The van der Waals surface area contributed by atoms with E-state index < -0.39 is 11.5 Å². The number of nitrogens with zero attached hydrogens (tertiary/aromatic N) is 1. The molecule has 6 heteroatoms. The van der Waals surface area contributed by atoms with Gasteiger partial charge in [-0.15, -0.1) is 11.8 Å². The van der Waals surface area contributed by atoms with Gasteiger partial charge in [-0.1, -0.05) is 30.3 Å². The van der Waals surface area contributed by atoms with Crippen LogP contribution in [0.1, 0.15) is 36.7 Å². The number of hydrogen-bond donors (Lipinski definition) is 0. The van der Waals surface area contributed by atoms with Gasteiger partial charge in [0.15, 0.2) is 6.61 Å². The molecule has 0 aromatic heterocycles. The number of thioether (sulfide) groups is 1. The van der Waals surface area contributed by atoms with Crippen LogP contribution in [-0.4, -0.2) is 42.3 Å². The van der Waals surface area contributed by atoms with Crippen molar-refractivity contribution in [2.24, 2.45) is 0 Å². The number of methoxy groups -OCH3 is 1. The van der Waals surface area contributed by atoms with Gasteiger partial charge in [-0.2, -0.15) is 0 Å². The van der Waals surface area contributed by atoms with E-state index in [1.165, 1.54) is 7.11 Å². The predicted molar refractivity (Wildman–Crippen MR) is 112 cm³/mol. The number of carbonyl (C=O) groups is 2. The highest BCUT2D eigenvalue weighted by molar-refractivity contribution is 7.98. The van der Waals surface area contributed by atoms with Crippen molar-refractivity contribution in [2.75, 3.05) is 20.0 Å². The highest BCUT2D eigenvalue weighted by Crippen LogP contribution is 2.26. The Balaban J connectivity index is 2.08. The third-order valence-electron chi connectivity index (χ3n) is 4.25. The summed E-state index contributed by atoms with van der Waals surface area (Å²) in [6.45, 7) is 6.00. The zero-order chi connectivity index (χ0) is 20.7. The lowest BCUT2D eigenvalue weighted by Gasteiger charge is -2.35. The SMILES string of the molecule is COc1cc(SC)ccc1C(=O)OCC(=O)N(Cc1ccccc1)C(C)(C)C. The Kier molecular flexibility index (Phi) is 7.52. The topological polar surface area (TPSA) is 55.8 Å². The molecular weight excluding hydrogens is 374 g/mol. The Morgan fingerprint density at radius 3 is 2.32 bits per heavy atom. The molecule has 2 aromatic carbocycles. The van der Waals surface area contributed by atoms with Gasteiger partial charge < -0.3 is 14.4 Å². The van der Waals surface area contributed by atoms with Crippen LogP contribution in [0, 0.1) is 0 Å². The van der Waals surface area contributed by atoms with Crippen molar-refractivity contribution in [3.8, 4) is 5.75 Å². The van der Waals surface area contributed by atoms with E-state index in [-0.39, 0.29) is 12.5 Å². The van der Waals surface area contributed by atoms with Crippen LogP contribution in [0.15, 0.2) is 53.4 Å². The van der Waals surface area contributed by atoms with Crippen molar-refractivity contribution in [1.82, 2.24) is 4.90 Å². The van der Waals surface area contributed by atoms with Gasteiger partial charge >= 0.3 is 5.97 Å². The molecule has 0 spiro atoms. The second-order valence-corrected chi connectivity index (χ2v) is 8.16. The van der Waals surface area contributed by atoms with E-state index in [2.05, 4.69) is 0 Å². The van der Waals surface area contributed by atoms with Crippen LogP contribution in [0.25, 0.3) is 0 Å². The maximum Gasteiger partial charge on any atom is 0.342 e. The molecule has 0 bridgehead atoms. The summed E-state index contributed by atoms with van der Waals surface area (Å²) in [5, 5.41) is 0. The van der Waals surface area contributed by atoms with Crippen LogP contribution >= 0.6 is 11.8 Å². The molecule has 0 unspecified atom stereocenters. The van der Waals surface area contributed by atoms with Crippen molar-refractivity contribution in [3.05, 3.63) is 59.7 Å². The molecule has 0 aliphatic carbocycles. The Morgan fingerprint density at radius 1 is 1.07 bits per heavy atom. The van der Waals surface area contributed by atoms with Gasteiger partial charge in [0.25, 0.3) is 5.91 Å². The summed E-state index contributed by atoms with van der Waals surface area (Å²) in [4.78, 5) is 28.0. The molecule has 0 N–H and O–H groups in total. The second-order valence-electron chi connectivity index (χ2n) is 7.28. The molecule has 0 atom stereocenters. The minimum Gasteiger partial charge on any atom is -0.496 e. The summed E-state index contributed by atoms with van der Waals surface area (Å²) in [5.41, 5.74) is 0.918. The van der Waals surface area contributed by atoms with E-state index in [4.69, 9.17) is 9.47 Å². The molecule has 0 heterocycles. The zero-order valence-electron chi connectivity index (χ0n) is 17.0. The first-order valence-corrected chi connectivity index (χ1v) is 10.2. The molecular formula is C22H27NO4S. The monoisotopic (exact) mass is 401 g/mol. The fourth-order valence-corrected chi connectivity index (χ4v) is 3.14. The Hall–Kier alpha value is -2.47. The quantitative estimate of drug-likeness (QED) is 0.508. The number of rotatable bonds is 7. The van der Waals surface area contributed by atoms with Crippen molar-refractivity contribution < 1.29 is 19.1 Å². The highest BCUT2D eigenvalue weighted by atomic mass is 32.2. The molecule has 0 radical (unpaired) electrons. The number of esters is 1. The van der Waals surface area contributed by atoms with Crippen molar-refractivity contribution >= 4 is 23.6 Å². The van der Waals surface area contributed by atoms with Crippen LogP contribution < -0.4 is 4.74 Å². The zero-order valence-corrected chi connectivity index (χ0v) is 17.8. The summed E-state index contributed by atoms with van der Waals surface area (Å²) < 4.78 is 10.6. The molecule has 28 heavy (non-hydrogen) atoms. The third-order valence-corrected chi connectivity index (χ3v) is 4.98. The molecule has 150 valence electrons. The molecule has 0 aliphatic rings. The largest absolute Gasteiger partial charge is 0.496 e. The molecule has 5 nitrogen and oxygen atoms in total. The van der Waals surface area contributed by atoms with E-state index >= 15 is 0 Å². The fourth-order valence-electron chi connectivity index (χ4n) is 2.72. The summed E-state index contributed by atoms with van der Waals surface area (Å²) >= 11 is 1.55. The molecule has 0 fully saturated rings. The average Bonchev–Trinajstić information content (AvgIpc) is 2.69. The van der Waals surface area contributed by atoms with Crippen LogP contribution in [0.4, 0.5) is 0 Å². The van der Waals surface area contributed by atoms with E-state index in [1.807, 2.05) is 63.4 Å². The summed E-state index contributed by atoms with van der Waals surface area (Å²) in [6, 6.07) is 15.0. The molecule has 0 saturated carbocycles. The van der Waals surface area contributed by atoms with Crippen LogP contribution in [0.5, 0.6) is 5.75 Å². The van der Waals surface area contributed by atoms with E-state index in [0.29, 0.717) is 17.9 Å². The third kappa shape index (κ3) is 5.76. The lowest BCUT2D eigenvalue weighted by molar-refractivity contribution is -0.140. The van der Waals surface area contributed by atoms with Crippen LogP contribution in [0.2, 0.25) is 0 Å². The first kappa shape index (κ1) is 21.8.